The lowest BCUT2D eigenvalue weighted by molar-refractivity contribution is -0.159. The molecule has 3 aromatic rings. The van der Waals surface area contributed by atoms with Crippen LogP contribution in [0.3, 0.4) is 0 Å². The first-order chi connectivity index (χ1) is 14.5. The summed E-state index contributed by atoms with van der Waals surface area (Å²) < 4.78 is 53.9. The van der Waals surface area contributed by atoms with E-state index in [0.717, 1.165) is 5.56 Å². The molecule has 0 spiro atoms. The SMILES string of the molecule is C=CC1OCC(c2ccc(-c3ccc(-c4ccc(C)c(F)c4F)cc3)c(F)c2)CO1. The van der Waals surface area contributed by atoms with E-state index in [2.05, 4.69) is 6.58 Å². The summed E-state index contributed by atoms with van der Waals surface area (Å²) in [5.41, 5.74) is 2.84. The van der Waals surface area contributed by atoms with Gasteiger partial charge in [-0.1, -0.05) is 55.1 Å². The van der Waals surface area contributed by atoms with E-state index in [1.54, 1.807) is 42.5 Å². The van der Waals surface area contributed by atoms with E-state index in [4.69, 9.17) is 9.47 Å². The molecule has 0 aromatic heterocycles. The summed E-state index contributed by atoms with van der Waals surface area (Å²) in [6.45, 7) is 6.01. The summed E-state index contributed by atoms with van der Waals surface area (Å²) in [7, 11) is 0. The lowest BCUT2D eigenvalue weighted by Crippen LogP contribution is -2.29. The molecule has 0 radical (unpaired) electrons. The van der Waals surface area contributed by atoms with Crippen LogP contribution in [0.15, 0.2) is 67.3 Å². The molecule has 30 heavy (non-hydrogen) atoms. The highest BCUT2D eigenvalue weighted by Gasteiger charge is 2.22. The maximum atomic E-state index is 14.8. The fourth-order valence-corrected chi connectivity index (χ4v) is 3.56. The molecule has 0 atom stereocenters. The van der Waals surface area contributed by atoms with Crippen molar-refractivity contribution in [2.45, 2.75) is 19.1 Å². The molecule has 1 saturated heterocycles. The van der Waals surface area contributed by atoms with Crippen LogP contribution in [-0.4, -0.2) is 19.5 Å². The van der Waals surface area contributed by atoms with Crippen molar-refractivity contribution in [3.63, 3.8) is 0 Å². The van der Waals surface area contributed by atoms with Crippen molar-refractivity contribution in [2.24, 2.45) is 0 Å². The summed E-state index contributed by atoms with van der Waals surface area (Å²) in [4.78, 5) is 0. The van der Waals surface area contributed by atoms with Crippen LogP contribution in [0.2, 0.25) is 0 Å². The van der Waals surface area contributed by atoms with Gasteiger partial charge in [-0.2, -0.15) is 0 Å². The van der Waals surface area contributed by atoms with Gasteiger partial charge in [-0.05, 0) is 41.3 Å². The largest absolute Gasteiger partial charge is 0.348 e. The number of aryl methyl sites for hydroxylation is 1. The Balaban J connectivity index is 1.56. The van der Waals surface area contributed by atoms with Crippen LogP contribution in [0.25, 0.3) is 22.3 Å². The number of hydrogen-bond donors (Lipinski definition) is 0. The van der Waals surface area contributed by atoms with E-state index in [-0.39, 0.29) is 22.9 Å². The molecule has 5 heteroatoms. The quantitative estimate of drug-likeness (QED) is 0.464. The van der Waals surface area contributed by atoms with Crippen LogP contribution >= 0.6 is 0 Å². The molecule has 0 saturated carbocycles. The molecule has 2 nitrogen and oxygen atoms in total. The zero-order valence-corrected chi connectivity index (χ0v) is 16.5. The predicted octanol–water partition coefficient (Wildman–Crippen LogP) is 6.39. The Morgan fingerprint density at radius 3 is 2.03 bits per heavy atom. The number of halogens is 3. The zero-order chi connectivity index (χ0) is 21.3. The van der Waals surface area contributed by atoms with Crippen molar-refractivity contribution in [3.05, 3.63) is 95.8 Å². The fraction of sp³-hybridized carbons (Fsp3) is 0.200. The van der Waals surface area contributed by atoms with Gasteiger partial charge in [0, 0.05) is 17.0 Å². The molecule has 1 heterocycles. The molecule has 4 rings (SSSR count). The number of hydrogen-bond acceptors (Lipinski definition) is 2. The molecule has 0 amide bonds. The van der Waals surface area contributed by atoms with Crippen LogP contribution in [0.4, 0.5) is 13.2 Å². The molecular formula is C25H21F3O2. The second-order valence-corrected chi connectivity index (χ2v) is 7.34. The third-order valence-corrected chi connectivity index (χ3v) is 5.36. The van der Waals surface area contributed by atoms with Gasteiger partial charge in [0.25, 0.3) is 0 Å². The second-order valence-electron chi connectivity index (χ2n) is 7.34. The van der Waals surface area contributed by atoms with Gasteiger partial charge < -0.3 is 9.47 Å². The Hall–Kier alpha value is -2.89. The van der Waals surface area contributed by atoms with Crippen LogP contribution in [0, 0.1) is 24.4 Å². The number of rotatable bonds is 4. The summed E-state index contributed by atoms with van der Waals surface area (Å²) in [6.07, 6.45) is 1.16. The molecule has 0 N–H and O–H groups in total. The van der Waals surface area contributed by atoms with E-state index < -0.39 is 17.9 Å². The molecule has 0 aliphatic carbocycles. The Kier molecular flexibility index (Phi) is 5.75. The van der Waals surface area contributed by atoms with Crippen LogP contribution in [0.5, 0.6) is 0 Å². The maximum Gasteiger partial charge on any atom is 0.176 e. The highest BCUT2D eigenvalue weighted by Crippen LogP contribution is 2.31. The van der Waals surface area contributed by atoms with E-state index in [9.17, 15) is 13.2 Å². The monoisotopic (exact) mass is 410 g/mol. The zero-order valence-electron chi connectivity index (χ0n) is 16.5. The minimum atomic E-state index is -0.881. The van der Waals surface area contributed by atoms with Gasteiger partial charge in [0.2, 0.25) is 0 Å². The van der Waals surface area contributed by atoms with E-state index in [1.165, 1.54) is 19.1 Å². The van der Waals surface area contributed by atoms with Crippen molar-refractivity contribution in [1.29, 1.82) is 0 Å². The molecule has 1 aliphatic rings. The van der Waals surface area contributed by atoms with Crippen molar-refractivity contribution in [3.8, 4) is 22.3 Å². The first kappa shape index (κ1) is 20.4. The maximum absolute atomic E-state index is 14.8. The Bertz CT molecular complexity index is 1070. The van der Waals surface area contributed by atoms with Gasteiger partial charge in [-0.3, -0.25) is 0 Å². The summed E-state index contributed by atoms with van der Waals surface area (Å²) in [5.74, 6) is -2.15. The summed E-state index contributed by atoms with van der Waals surface area (Å²) in [6, 6.07) is 14.9. The van der Waals surface area contributed by atoms with Gasteiger partial charge in [0.1, 0.15) is 5.82 Å². The average molecular weight is 410 g/mol. The summed E-state index contributed by atoms with van der Waals surface area (Å²) in [5, 5.41) is 0. The van der Waals surface area contributed by atoms with Crippen molar-refractivity contribution < 1.29 is 22.6 Å². The molecule has 0 unspecified atom stereocenters. The average Bonchev–Trinajstić information content (AvgIpc) is 2.78. The van der Waals surface area contributed by atoms with Crippen molar-refractivity contribution >= 4 is 0 Å². The lowest BCUT2D eigenvalue weighted by Gasteiger charge is -2.28. The molecule has 154 valence electrons. The Morgan fingerprint density at radius 1 is 0.833 bits per heavy atom. The molecule has 1 aliphatic heterocycles. The molecule has 0 bridgehead atoms. The minimum absolute atomic E-state index is 0.0495. The lowest BCUT2D eigenvalue weighted by atomic mass is 9.95. The van der Waals surface area contributed by atoms with Gasteiger partial charge in [0.15, 0.2) is 17.9 Å². The normalized spacial score (nSPS) is 18.9. The van der Waals surface area contributed by atoms with Crippen molar-refractivity contribution in [2.75, 3.05) is 13.2 Å². The third-order valence-electron chi connectivity index (χ3n) is 5.36. The topological polar surface area (TPSA) is 18.5 Å². The highest BCUT2D eigenvalue weighted by atomic mass is 19.2. The molecular weight excluding hydrogens is 389 g/mol. The Morgan fingerprint density at radius 2 is 1.43 bits per heavy atom. The van der Waals surface area contributed by atoms with Crippen molar-refractivity contribution in [1.82, 2.24) is 0 Å². The predicted molar refractivity (Wildman–Crippen MR) is 111 cm³/mol. The number of ether oxygens (including phenoxy) is 2. The summed E-state index contributed by atoms with van der Waals surface area (Å²) >= 11 is 0. The van der Waals surface area contributed by atoms with E-state index in [0.29, 0.717) is 29.9 Å². The second kappa shape index (κ2) is 8.46. The van der Waals surface area contributed by atoms with Gasteiger partial charge in [0.05, 0.1) is 13.2 Å². The van der Waals surface area contributed by atoms with Gasteiger partial charge in [-0.15, -0.1) is 0 Å². The minimum Gasteiger partial charge on any atom is -0.348 e. The molecule has 3 aromatic carbocycles. The first-order valence-electron chi connectivity index (χ1n) is 9.68. The molecule has 1 fully saturated rings. The number of benzene rings is 3. The van der Waals surface area contributed by atoms with Gasteiger partial charge in [-0.25, -0.2) is 13.2 Å². The fourth-order valence-electron chi connectivity index (χ4n) is 3.56. The highest BCUT2D eigenvalue weighted by molar-refractivity contribution is 5.71. The van der Waals surface area contributed by atoms with E-state index >= 15 is 0 Å². The van der Waals surface area contributed by atoms with Crippen LogP contribution < -0.4 is 0 Å². The van der Waals surface area contributed by atoms with Crippen LogP contribution in [-0.2, 0) is 9.47 Å². The van der Waals surface area contributed by atoms with Crippen LogP contribution in [0.1, 0.15) is 17.0 Å². The van der Waals surface area contributed by atoms with Gasteiger partial charge >= 0.3 is 0 Å². The standard InChI is InChI=1S/C25H21F3O2/c1-3-23-29-13-19(14-30-23)18-9-11-20(22(26)12-18)16-5-7-17(8-6-16)21-10-4-15(2)24(27)25(21)28/h3-12,19,23H,1,13-14H2,2H3. The third kappa shape index (κ3) is 3.91. The first-order valence-corrected chi connectivity index (χ1v) is 9.68. The smallest absolute Gasteiger partial charge is 0.176 e. The Labute approximate surface area is 173 Å². The van der Waals surface area contributed by atoms with E-state index in [1.807, 2.05) is 6.07 Å².